The Morgan fingerprint density at radius 2 is 1.40 bits per heavy atom. The van der Waals surface area contributed by atoms with Gasteiger partial charge in [0.2, 0.25) is 20.0 Å². The molecule has 0 bridgehead atoms. The summed E-state index contributed by atoms with van der Waals surface area (Å²) in [7, 11) is -17.6. The molecule has 15 atom stereocenters. The van der Waals surface area contributed by atoms with Crippen LogP contribution >= 0.6 is 11.8 Å². The minimum Gasteiger partial charge on any atom is -0.297 e. The van der Waals surface area contributed by atoms with Crippen LogP contribution in [0, 0.1) is 70.0 Å². The van der Waals surface area contributed by atoms with Gasteiger partial charge < -0.3 is 0 Å². The van der Waals surface area contributed by atoms with Crippen molar-refractivity contribution in [3.05, 3.63) is 11.3 Å². The van der Waals surface area contributed by atoms with Gasteiger partial charge in [0.05, 0.1) is 52.8 Å². The Kier molecular flexibility index (Phi) is 17.2. The molecule has 6 aliphatic rings. The summed E-state index contributed by atoms with van der Waals surface area (Å²) < 4.78 is 130. The second-order valence-corrected chi connectivity index (χ2v) is 32.2. The fraction of sp³-hybridized carbons (Fsp3) is 0.872. The van der Waals surface area contributed by atoms with Gasteiger partial charge in [0, 0.05) is 34.7 Å². The number of rotatable bonds is 12. The van der Waals surface area contributed by atoms with Gasteiger partial charge in [0.1, 0.15) is 22.9 Å². The zero-order valence-electron chi connectivity index (χ0n) is 43.8. The van der Waals surface area contributed by atoms with Crippen molar-refractivity contribution in [2.75, 3.05) is 6.26 Å². The fourth-order valence-corrected chi connectivity index (χ4v) is 20.3. The highest BCUT2D eigenvalue weighted by Gasteiger charge is 2.53. The number of hydrogen-bond donors (Lipinski definition) is 5. The molecule has 1 saturated heterocycles. The molecule has 4 aliphatic carbocycles. The van der Waals surface area contributed by atoms with E-state index < -0.39 is 109 Å². The average molecular weight is 1120 g/mol. The molecule has 410 valence electrons. The Morgan fingerprint density at radius 3 is 1.93 bits per heavy atom. The molecular formula is C47H77N11O10S5. The lowest BCUT2D eigenvalue weighted by Crippen LogP contribution is -2.72. The number of nitrogens with one attached hydrogen (secondary N) is 3. The monoisotopic (exact) mass is 1120 g/mol. The Balaban J connectivity index is 1.22. The van der Waals surface area contributed by atoms with Gasteiger partial charge in [-0.3, -0.25) is 24.7 Å². The topological polar surface area (TPSA) is 319 Å². The van der Waals surface area contributed by atoms with E-state index in [-0.39, 0.29) is 78.9 Å². The maximum absolute atomic E-state index is 14.1. The molecule has 21 nitrogen and oxygen atoms in total. The SMILES string of the molecule is CC1CC(C)C(NC2NC(N(C3C(C)CC(C)CC3C)S(C)(=O)=O)C(C#N)C(C)C2N=Nc2c(C#N)c(C(C)(C)C)nn2C2=NC3CCC(S(=O)(=O)NC4CC(S(=O)(=O)O)CCC4S(=O)(=O)O)CC3S2)C(C)C1. The number of nitriles is 2. The predicted octanol–water partition coefficient (Wildman–Crippen LogP) is 5.75. The number of hydrogen-bond acceptors (Lipinski definition) is 17. The molecule has 2 aliphatic heterocycles. The van der Waals surface area contributed by atoms with E-state index in [2.05, 4.69) is 69.0 Å². The molecule has 5 fully saturated rings. The van der Waals surface area contributed by atoms with Crippen molar-refractivity contribution in [2.45, 2.75) is 202 Å². The first kappa shape index (κ1) is 58.1. The second kappa shape index (κ2) is 21.7. The van der Waals surface area contributed by atoms with Gasteiger partial charge in [0.15, 0.2) is 11.0 Å². The van der Waals surface area contributed by atoms with Crippen molar-refractivity contribution in [3.63, 3.8) is 0 Å². The van der Waals surface area contributed by atoms with Crippen LogP contribution in [-0.2, 0) is 45.7 Å². The Morgan fingerprint density at radius 1 is 0.808 bits per heavy atom. The highest BCUT2D eigenvalue weighted by molar-refractivity contribution is 8.14. The Labute approximate surface area is 437 Å². The second-order valence-electron chi connectivity index (χ2n) is 23.8. The fourth-order valence-electron chi connectivity index (χ4n) is 13.6. The third-order valence-corrected chi connectivity index (χ3v) is 23.9. The van der Waals surface area contributed by atoms with Crippen LogP contribution in [0.3, 0.4) is 0 Å². The van der Waals surface area contributed by atoms with Gasteiger partial charge >= 0.3 is 0 Å². The van der Waals surface area contributed by atoms with Crippen molar-refractivity contribution in [1.29, 1.82) is 10.5 Å². The maximum atomic E-state index is 14.1. The number of nitrogens with zero attached hydrogens (tertiary/aromatic N) is 8. The van der Waals surface area contributed by atoms with Crippen molar-refractivity contribution in [2.24, 2.45) is 62.6 Å². The van der Waals surface area contributed by atoms with Gasteiger partial charge in [-0.15, -0.1) is 5.11 Å². The van der Waals surface area contributed by atoms with E-state index in [0.29, 0.717) is 29.1 Å². The zero-order valence-corrected chi connectivity index (χ0v) is 47.9. The summed E-state index contributed by atoms with van der Waals surface area (Å²) in [4.78, 5) is 5.01. The molecule has 73 heavy (non-hydrogen) atoms. The van der Waals surface area contributed by atoms with Crippen LogP contribution in [0.4, 0.5) is 5.82 Å². The summed E-state index contributed by atoms with van der Waals surface area (Å²) in [6.45, 7) is 20.7. The molecular weight excluding hydrogens is 1040 g/mol. The Bertz CT molecular complexity index is 2800. The number of fused-ring (bicyclic) bond motifs is 1. The lowest BCUT2D eigenvalue weighted by molar-refractivity contribution is 0.00740. The normalized spacial score (nSPS) is 39.2. The van der Waals surface area contributed by atoms with Crippen LogP contribution in [0.5, 0.6) is 0 Å². The number of azo groups is 1. The number of aromatic nitrogens is 2. The third-order valence-electron chi connectivity index (χ3n) is 16.8. The molecule has 3 heterocycles. The summed E-state index contributed by atoms with van der Waals surface area (Å²) in [6.07, 6.45) is 2.64. The van der Waals surface area contributed by atoms with Crippen molar-refractivity contribution >= 4 is 63.0 Å². The number of sulfonamides is 2. The minimum absolute atomic E-state index is 0.0153. The quantitative estimate of drug-likeness (QED) is 0.123. The molecule has 0 amide bonds. The molecule has 0 aromatic carbocycles. The van der Waals surface area contributed by atoms with E-state index in [1.807, 2.05) is 27.7 Å². The standard InChI is InChI=1S/C47H77N11O10S5/c1-24-16-26(3)39(27(4)17-24)51-43-40(30(7)33(22-48)44(52-43)58(70(11,59)60)41-28(5)18-25(2)19-29(41)6)53-54-45-34(23-49)42(47(8,9)10)55-57(45)46-50-35-14-12-31(21-37(35)69-46)71(61,62)56-36-20-32(72(63,64)65)13-15-38(36)73(66,67)68/h24-33,35-41,43-44,51-52,56H,12-21H2,1-11H3,(H,63,64,65)(H,66,67,68). The van der Waals surface area contributed by atoms with Crippen LogP contribution in [0.15, 0.2) is 15.2 Å². The molecule has 1 aromatic heterocycles. The molecule has 15 unspecified atom stereocenters. The molecule has 0 spiro atoms. The van der Waals surface area contributed by atoms with Crippen LogP contribution in [0.25, 0.3) is 0 Å². The van der Waals surface area contributed by atoms with Gasteiger partial charge in [-0.25, -0.2) is 21.6 Å². The van der Waals surface area contributed by atoms with Crippen molar-refractivity contribution in [3.8, 4) is 12.1 Å². The Hall–Kier alpha value is -2.63. The van der Waals surface area contributed by atoms with Crippen molar-refractivity contribution in [1.82, 2.24) is 29.4 Å². The first-order valence-electron chi connectivity index (χ1n) is 25.8. The summed E-state index contributed by atoms with van der Waals surface area (Å²) >= 11 is 1.26. The first-order chi connectivity index (χ1) is 33.7. The van der Waals surface area contributed by atoms with Gasteiger partial charge in [-0.2, -0.15) is 46.6 Å². The van der Waals surface area contributed by atoms with E-state index in [1.54, 1.807) is 4.31 Å². The predicted molar refractivity (Wildman–Crippen MR) is 280 cm³/mol. The zero-order chi connectivity index (χ0) is 54.1. The minimum atomic E-state index is -4.79. The number of thioether (sulfide) groups is 1. The van der Waals surface area contributed by atoms with Crippen LogP contribution in [0.1, 0.15) is 145 Å². The molecule has 1 aromatic rings. The molecule has 26 heteroatoms. The average Bonchev–Trinajstić information content (AvgIpc) is 3.86. The van der Waals surface area contributed by atoms with Crippen LogP contribution in [0.2, 0.25) is 0 Å². The van der Waals surface area contributed by atoms with Crippen molar-refractivity contribution < 1.29 is 42.8 Å². The lowest BCUT2D eigenvalue weighted by atomic mass is 9.72. The summed E-state index contributed by atoms with van der Waals surface area (Å²) in [5.74, 6) is 0.214. The highest BCUT2D eigenvalue weighted by atomic mass is 32.2. The van der Waals surface area contributed by atoms with E-state index >= 15 is 0 Å². The van der Waals surface area contributed by atoms with E-state index in [9.17, 15) is 53.3 Å². The van der Waals surface area contributed by atoms with E-state index in [4.69, 9.17) is 20.3 Å². The highest BCUT2D eigenvalue weighted by Crippen LogP contribution is 2.45. The summed E-state index contributed by atoms with van der Waals surface area (Å²) in [5, 5.41) is 40.1. The summed E-state index contributed by atoms with van der Waals surface area (Å²) in [6, 6.07) is 1.83. The first-order valence-corrected chi connectivity index (χ1v) is 33.1. The summed E-state index contributed by atoms with van der Waals surface area (Å²) in [5.41, 5.74) is -0.0913. The van der Waals surface area contributed by atoms with Gasteiger partial charge in [-0.05, 0) is 99.7 Å². The van der Waals surface area contributed by atoms with E-state index in [0.717, 1.165) is 25.7 Å². The lowest BCUT2D eigenvalue weighted by Gasteiger charge is -2.52. The third kappa shape index (κ3) is 12.4. The van der Waals surface area contributed by atoms with Crippen LogP contribution in [-0.4, -0.2) is 132 Å². The van der Waals surface area contributed by atoms with E-state index in [1.165, 1.54) is 22.7 Å². The van der Waals surface area contributed by atoms with Gasteiger partial charge in [-0.1, -0.05) is 81.0 Å². The molecule has 4 saturated carbocycles. The van der Waals surface area contributed by atoms with Gasteiger partial charge in [0.25, 0.3) is 20.2 Å². The molecule has 7 rings (SSSR count). The number of aliphatic imine (C=N–C) groups is 1. The smallest absolute Gasteiger partial charge is 0.269 e. The molecule has 5 N–H and O–H groups in total. The molecule has 0 radical (unpaired) electrons. The largest absolute Gasteiger partial charge is 0.297 e. The van der Waals surface area contributed by atoms with Crippen LogP contribution < -0.4 is 15.4 Å². The maximum Gasteiger partial charge on any atom is 0.269 e. The number of piperidine rings is 1.